The van der Waals surface area contributed by atoms with E-state index >= 15 is 0 Å². The van der Waals surface area contributed by atoms with E-state index in [1.165, 1.54) is 16.4 Å². The number of aryl methyl sites for hydroxylation is 3. The Labute approximate surface area is 188 Å². The molecule has 0 N–H and O–H groups in total. The van der Waals surface area contributed by atoms with Crippen molar-refractivity contribution in [3.05, 3.63) is 62.7 Å². The molecule has 8 nitrogen and oxygen atoms in total. The standard InChI is InChI=1S/C23H27N3O5S/c1-15-12-16(2)22(17(3)13-15)32(30,31)24-9-6-19(7-10-24)23(27)25-11-8-18-4-5-20(26(28)29)14-21(18)25/h4-5,12-14,19H,6-11H2,1-3H3. The number of sulfonamides is 1. The van der Waals surface area contributed by atoms with Gasteiger partial charge in [-0.2, -0.15) is 4.31 Å². The van der Waals surface area contributed by atoms with Crippen LogP contribution in [0.4, 0.5) is 11.4 Å². The molecule has 1 amide bonds. The molecule has 0 atom stereocenters. The minimum absolute atomic E-state index is 0.0341. The number of carbonyl (C=O) groups excluding carboxylic acids is 1. The Morgan fingerprint density at radius 1 is 1.03 bits per heavy atom. The van der Waals surface area contributed by atoms with Crippen LogP contribution in [0.3, 0.4) is 0 Å². The van der Waals surface area contributed by atoms with Crippen LogP contribution in [0.25, 0.3) is 0 Å². The summed E-state index contributed by atoms with van der Waals surface area (Å²) in [6, 6.07) is 8.39. The summed E-state index contributed by atoms with van der Waals surface area (Å²) in [6.07, 6.45) is 1.53. The minimum Gasteiger partial charge on any atom is -0.311 e. The van der Waals surface area contributed by atoms with Gasteiger partial charge >= 0.3 is 0 Å². The zero-order valence-corrected chi connectivity index (χ0v) is 19.3. The summed E-state index contributed by atoms with van der Waals surface area (Å²) >= 11 is 0. The second-order valence-corrected chi connectivity index (χ2v) is 10.6. The number of rotatable bonds is 4. The third-order valence-corrected chi connectivity index (χ3v) is 8.65. The molecule has 0 unspecified atom stereocenters. The molecule has 170 valence electrons. The molecule has 0 aliphatic carbocycles. The molecule has 2 heterocycles. The maximum Gasteiger partial charge on any atom is 0.271 e. The molecule has 32 heavy (non-hydrogen) atoms. The number of hydrogen-bond acceptors (Lipinski definition) is 5. The number of hydrogen-bond donors (Lipinski definition) is 0. The van der Waals surface area contributed by atoms with Crippen molar-refractivity contribution in [2.24, 2.45) is 5.92 Å². The predicted octanol–water partition coefficient (Wildman–Crippen LogP) is 3.51. The maximum atomic E-state index is 13.3. The molecule has 0 bridgehead atoms. The molecule has 1 saturated heterocycles. The number of non-ortho nitro benzene ring substituents is 1. The van der Waals surface area contributed by atoms with Gasteiger partial charge in [-0.3, -0.25) is 14.9 Å². The molecule has 1 fully saturated rings. The summed E-state index contributed by atoms with van der Waals surface area (Å²) < 4.78 is 28.1. The number of nitrogens with zero attached hydrogens (tertiary/aromatic N) is 3. The van der Waals surface area contributed by atoms with Gasteiger partial charge in [-0.15, -0.1) is 0 Å². The van der Waals surface area contributed by atoms with Crippen LogP contribution in [0.1, 0.15) is 35.1 Å². The molecule has 2 aromatic carbocycles. The lowest BCUT2D eigenvalue weighted by atomic mass is 9.96. The third kappa shape index (κ3) is 3.91. The van der Waals surface area contributed by atoms with E-state index in [2.05, 4.69) is 0 Å². The Morgan fingerprint density at radius 2 is 1.66 bits per heavy atom. The van der Waals surface area contributed by atoms with E-state index in [0.717, 1.165) is 22.3 Å². The minimum atomic E-state index is -3.64. The quantitative estimate of drug-likeness (QED) is 0.517. The molecule has 4 rings (SSSR count). The van der Waals surface area contributed by atoms with E-state index < -0.39 is 14.9 Å². The monoisotopic (exact) mass is 457 g/mol. The fraction of sp³-hybridized carbons (Fsp3) is 0.435. The Bertz CT molecular complexity index is 1180. The van der Waals surface area contributed by atoms with E-state index in [9.17, 15) is 23.3 Å². The Hall–Kier alpha value is -2.78. The number of anilines is 1. The fourth-order valence-electron chi connectivity index (χ4n) is 4.98. The zero-order chi connectivity index (χ0) is 23.2. The van der Waals surface area contributed by atoms with Crippen molar-refractivity contribution in [1.82, 2.24) is 4.31 Å². The first kappa shape index (κ1) is 22.4. The number of fused-ring (bicyclic) bond motifs is 1. The molecule has 0 aromatic heterocycles. The second-order valence-electron chi connectivity index (χ2n) is 8.72. The van der Waals surface area contributed by atoms with Gasteiger partial charge in [0.2, 0.25) is 15.9 Å². The van der Waals surface area contributed by atoms with E-state index in [1.807, 2.05) is 32.9 Å². The van der Waals surface area contributed by atoms with Crippen LogP contribution in [0.15, 0.2) is 35.2 Å². The molecular weight excluding hydrogens is 430 g/mol. The van der Waals surface area contributed by atoms with Crippen LogP contribution in [0.2, 0.25) is 0 Å². The highest BCUT2D eigenvalue weighted by Crippen LogP contribution is 2.35. The molecule has 9 heteroatoms. The van der Waals surface area contributed by atoms with Gasteiger partial charge in [-0.05, 0) is 56.7 Å². The first-order valence-corrected chi connectivity index (χ1v) is 12.2. The lowest BCUT2D eigenvalue weighted by molar-refractivity contribution is -0.384. The average Bonchev–Trinajstić information content (AvgIpc) is 3.15. The van der Waals surface area contributed by atoms with Crippen LogP contribution in [0, 0.1) is 36.8 Å². The van der Waals surface area contributed by atoms with Gasteiger partial charge in [0, 0.05) is 37.7 Å². The van der Waals surface area contributed by atoms with Gasteiger partial charge in [0.15, 0.2) is 0 Å². The molecular formula is C23H27N3O5S. The smallest absolute Gasteiger partial charge is 0.271 e. The highest BCUT2D eigenvalue weighted by molar-refractivity contribution is 7.89. The van der Waals surface area contributed by atoms with E-state index in [1.54, 1.807) is 11.0 Å². The zero-order valence-electron chi connectivity index (χ0n) is 18.5. The number of piperidine rings is 1. The lowest BCUT2D eigenvalue weighted by Gasteiger charge is -2.33. The molecule has 0 spiro atoms. The molecule has 2 aliphatic heterocycles. The molecule has 2 aromatic rings. The van der Waals surface area contributed by atoms with E-state index in [0.29, 0.717) is 36.4 Å². The van der Waals surface area contributed by atoms with Crippen LogP contribution >= 0.6 is 0 Å². The summed E-state index contributed by atoms with van der Waals surface area (Å²) in [7, 11) is -3.64. The van der Waals surface area contributed by atoms with Gasteiger partial charge in [-0.25, -0.2) is 8.42 Å². The van der Waals surface area contributed by atoms with Gasteiger partial charge in [0.05, 0.1) is 15.5 Å². The second kappa shape index (κ2) is 8.29. The number of amides is 1. The number of nitro groups is 1. The van der Waals surface area contributed by atoms with Crippen molar-refractivity contribution in [1.29, 1.82) is 0 Å². The first-order chi connectivity index (χ1) is 15.1. The van der Waals surface area contributed by atoms with E-state index in [4.69, 9.17) is 0 Å². The van der Waals surface area contributed by atoms with Crippen LogP contribution in [-0.4, -0.2) is 43.2 Å². The summed E-state index contributed by atoms with van der Waals surface area (Å²) in [6.45, 7) is 6.62. The fourth-order valence-corrected chi connectivity index (χ4v) is 6.86. The largest absolute Gasteiger partial charge is 0.311 e. The van der Waals surface area contributed by atoms with Gasteiger partial charge < -0.3 is 4.90 Å². The molecule has 0 radical (unpaired) electrons. The highest BCUT2D eigenvalue weighted by Gasteiger charge is 2.37. The Balaban J connectivity index is 1.49. The summed E-state index contributed by atoms with van der Waals surface area (Å²) in [5.74, 6) is -0.379. The molecule has 2 aliphatic rings. The van der Waals surface area contributed by atoms with E-state index in [-0.39, 0.29) is 30.6 Å². The first-order valence-electron chi connectivity index (χ1n) is 10.8. The predicted molar refractivity (Wildman–Crippen MR) is 121 cm³/mol. The average molecular weight is 458 g/mol. The molecule has 0 saturated carbocycles. The van der Waals surface area contributed by atoms with Crippen molar-refractivity contribution >= 4 is 27.3 Å². The summed E-state index contributed by atoms with van der Waals surface area (Å²) in [4.78, 5) is 25.9. The SMILES string of the molecule is Cc1cc(C)c(S(=O)(=O)N2CCC(C(=O)N3CCc4ccc([N+](=O)[O-])cc43)CC2)c(C)c1. The third-order valence-electron chi connectivity index (χ3n) is 6.45. The highest BCUT2D eigenvalue weighted by atomic mass is 32.2. The maximum absolute atomic E-state index is 13.3. The summed E-state index contributed by atoms with van der Waals surface area (Å²) in [5, 5.41) is 11.1. The van der Waals surface area contributed by atoms with Gasteiger partial charge in [0.25, 0.3) is 5.69 Å². The van der Waals surface area contributed by atoms with Crippen LogP contribution in [0.5, 0.6) is 0 Å². The van der Waals surface area contributed by atoms with Crippen molar-refractivity contribution in [2.45, 2.75) is 44.9 Å². The normalized spacial score (nSPS) is 17.4. The number of benzene rings is 2. The Kier molecular flexibility index (Phi) is 5.81. The van der Waals surface area contributed by atoms with Crippen molar-refractivity contribution in [3.8, 4) is 0 Å². The van der Waals surface area contributed by atoms with Crippen molar-refractivity contribution in [3.63, 3.8) is 0 Å². The number of nitro benzene ring substituents is 1. The van der Waals surface area contributed by atoms with Crippen molar-refractivity contribution in [2.75, 3.05) is 24.5 Å². The number of carbonyl (C=O) groups is 1. The van der Waals surface area contributed by atoms with Crippen LogP contribution in [-0.2, 0) is 21.2 Å². The lowest BCUT2D eigenvalue weighted by Crippen LogP contribution is -2.44. The van der Waals surface area contributed by atoms with Crippen LogP contribution < -0.4 is 4.90 Å². The van der Waals surface area contributed by atoms with Gasteiger partial charge in [-0.1, -0.05) is 23.8 Å². The topological polar surface area (TPSA) is 101 Å². The Morgan fingerprint density at radius 3 is 2.25 bits per heavy atom. The van der Waals surface area contributed by atoms with Crippen molar-refractivity contribution < 1.29 is 18.1 Å². The summed E-state index contributed by atoms with van der Waals surface area (Å²) in [5.41, 5.74) is 3.98. The van der Waals surface area contributed by atoms with Gasteiger partial charge in [0.1, 0.15) is 0 Å².